The number of carbonyl (C=O) groups excluding carboxylic acids is 1. The van der Waals surface area contributed by atoms with Gasteiger partial charge in [0.25, 0.3) is 0 Å². The lowest BCUT2D eigenvalue weighted by Crippen LogP contribution is -2.49. The van der Waals surface area contributed by atoms with Gasteiger partial charge in [-0.05, 0) is 69.1 Å². The number of likely N-dealkylation sites (tertiary alicyclic amines) is 1. The van der Waals surface area contributed by atoms with Crippen molar-refractivity contribution in [3.8, 4) is 0 Å². The summed E-state index contributed by atoms with van der Waals surface area (Å²) >= 11 is 0. The van der Waals surface area contributed by atoms with Crippen LogP contribution in [0.15, 0.2) is 0 Å². The Morgan fingerprint density at radius 2 is 1.70 bits per heavy atom. The van der Waals surface area contributed by atoms with Crippen LogP contribution in [0, 0.1) is 23.7 Å². The van der Waals surface area contributed by atoms with Crippen LogP contribution in [0.5, 0.6) is 0 Å². The lowest BCUT2D eigenvalue weighted by molar-refractivity contribution is -0.145. The van der Waals surface area contributed by atoms with Crippen molar-refractivity contribution >= 4 is 5.91 Å². The molecule has 7 heteroatoms. The number of piperidine rings is 1. The highest BCUT2D eigenvalue weighted by molar-refractivity contribution is 5.79. The Morgan fingerprint density at radius 3 is 2.37 bits per heavy atom. The number of nitrogens with one attached hydrogen (secondary N) is 1. The van der Waals surface area contributed by atoms with Gasteiger partial charge in [-0.1, -0.05) is 12.8 Å². The van der Waals surface area contributed by atoms with Gasteiger partial charge in [0.05, 0.1) is 18.1 Å². The van der Waals surface area contributed by atoms with E-state index in [1.54, 1.807) is 4.90 Å². The minimum absolute atomic E-state index is 0.105. The predicted octanol–water partition coefficient (Wildman–Crippen LogP) is 1.58. The maximum atomic E-state index is 13.8. The summed E-state index contributed by atoms with van der Waals surface area (Å²) in [6.45, 7) is 1.85. The van der Waals surface area contributed by atoms with E-state index in [2.05, 4.69) is 5.32 Å². The van der Waals surface area contributed by atoms with Gasteiger partial charge in [0.1, 0.15) is 6.17 Å². The number of amides is 1. The number of alkyl halides is 1. The minimum Gasteiger partial charge on any atom is -0.393 e. The average Bonchev–Trinajstić information content (AvgIpc) is 3.13. The van der Waals surface area contributed by atoms with Crippen LogP contribution in [-0.4, -0.2) is 71.1 Å². The van der Waals surface area contributed by atoms with Crippen LogP contribution >= 0.6 is 0 Å². The van der Waals surface area contributed by atoms with Crippen molar-refractivity contribution in [2.24, 2.45) is 29.4 Å². The van der Waals surface area contributed by atoms with Crippen molar-refractivity contribution in [1.29, 1.82) is 0 Å². The fourth-order valence-electron chi connectivity index (χ4n) is 6.78. The lowest BCUT2D eigenvalue weighted by Gasteiger charge is -2.39. The smallest absolute Gasteiger partial charge is 0.228 e. The maximum absolute atomic E-state index is 13.8. The molecule has 0 bridgehead atoms. The molecule has 0 radical (unpaired) electrons. The first-order valence-electron chi connectivity index (χ1n) is 12.2. The first-order valence-corrected chi connectivity index (χ1v) is 12.2. The van der Waals surface area contributed by atoms with Crippen LogP contribution < -0.4 is 11.1 Å². The molecule has 8 unspecified atom stereocenters. The zero-order valence-corrected chi connectivity index (χ0v) is 18.1. The molecule has 2 aliphatic carbocycles. The summed E-state index contributed by atoms with van der Waals surface area (Å²) < 4.78 is 13.8. The first kappa shape index (κ1) is 22.4. The zero-order chi connectivity index (χ0) is 21.3. The SMILES string of the molecule is NCC1NC(CC(O)C2CCN(C(=O)C3CCCC(F)C3O)CC2)C2CCCCC12. The van der Waals surface area contributed by atoms with Crippen LogP contribution in [0.1, 0.15) is 64.2 Å². The maximum Gasteiger partial charge on any atom is 0.228 e. The number of rotatable bonds is 5. The summed E-state index contributed by atoms with van der Waals surface area (Å²) in [6, 6.07) is 0.727. The van der Waals surface area contributed by atoms with Gasteiger partial charge < -0.3 is 26.2 Å². The number of nitrogens with two attached hydrogens (primary N) is 1. The van der Waals surface area contributed by atoms with E-state index < -0.39 is 18.2 Å². The molecule has 4 fully saturated rings. The molecule has 2 aliphatic heterocycles. The summed E-state index contributed by atoms with van der Waals surface area (Å²) in [5, 5.41) is 24.8. The molecule has 2 saturated carbocycles. The predicted molar refractivity (Wildman–Crippen MR) is 113 cm³/mol. The molecule has 1 amide bonds. The number of hydrogen-bond donors (Lipinski definition) is 4. The minimum atomic E-state index is -1.29. The van der Waals surface area contributed by atoms with Crippen LogP contribution in [0.4, 0.5) is 4.39 Å². The standard InChI is InChI=1S/C23H40FN3O3/c24-18-7-3-6-17(22(18)29)23(30)27-10-8-14(9-11-27)21(28)12-19-15-4-1-2-5-16(15)20(13-25)26-19/h14-22,26,28-29H,1-13,25H2. The van der Waals surface area contributed by atoms with Crippen molar-refractivity contribution in [3.63, 3.8) is 0 Å². The molecular formula is C23H40FN3O3. The zero-order valence-electron chi connectivity index (χ0n) is 18.1. The molecule has 8 atom stereocenters. The number of fused-ring (bicyclic) bond motifs is 1. The molecule has 2 saturated heterocycles. The molecule has 5 N–H and O–H groups in total. The molecule has 4 aliphatic rings. The van der Waals surface area contributed by atoms with Gasteiger partial charge in [-0.25, -0.2) is 4.39 Å². The molecule has 0 aromatic carbocycles. The summed E-state index contributed by atoms with van der Waals surface area (Å²) in [4.78, 5) is 14.6. The molecule has 6 nitrogen and oxygen atoms in total. The van der Waals surface area contributed by atoms with E-state index >= 15 is 0 Å². The number of carbonyl (C=O) groups is 1. The highest BCUT2D eigenvalue weighted by Crippen LogP contribution is 2.41. The fraction of sp³-hybridized carbons (Fsp3) is 0.957. The van der Waals surface area contributed by atoms with E-state index in [4.69, 9.17) is 5.73 Å². The summed E-state index contributed by atoms with van der Waals surface area (Å²) in [5.41, 5.74) is 6.00. The molecular weight excluding hydrogens is 385 g/mol. The van der Waals surface area contributed by atoms with Gasteiger partial charge in [0.2, 0.25) is 5.91 Å². The van der Waals surface area contributed by atoms with E-state index in [1.807, 2.05) is 0 Å². The highest BCUT2D eigenvalue weighted by atomic mass is 19.1. The van der Waals surface area contributed by atoms with Gasteiger partial charge in [-0.15, -0.1) is 0 Å². The van der Waals surface area contributed by atoms with E-state index in [0.717, 1.165) is 19.3 Å². The number of halogens is 1. The Kier molecular flexibility index (Phi) is 7.33. The van der Waals surface area contributed by atoms with Crippen molar-refractivity contribution < 1.29 is 19.4 Å². The third kappa shape index (κ3) is 4.54. The van der Waals surface area contributed by atoms with Gasteiger partial charge in [-0.3, -0.25) is 4.79 Å². The van der Waals surface area contributed by atoms with E-state index in [0.29, 0.717) is 62.8 Å². The molecule has 4 rings (SSSR count). The summed E-state index contributed by atoms with van der Waals surface area (Å²) in [5.74, 6) is 0.771. The average molecular weight is 426 g/mol. The number of aliphatic hydroxyl groups excluding tert-OH is 2. The number of hydrogen-bond acceptors (Lipinski definition) is 5. The van der Waals surface area contributed by atoms with Crippen LogP contribution in [0.3, 0.4) is 0 Å². The van der Waals surface area contributed by atoms with Crippen LogP contribution in [-0.2, 0) is 4.79 Å². The van der Waals surface area contributed by atoms with Crippen molar-refractivity contribution in [2.45, 2.75) is 94.7 Å². The van der Waals surface area contributed by atoms with Gasteiger partial charge in [0.15, 0.2) is 0 Å². The van der Waals surface area contributed by atoms with Crippen molar-refractivity contribution in [1.82, 2.24) is 10.2 Å². The second-order valence-corrected chi connectivity index (χ2v) is 10.2. The fourth-order valence-corrected chi connectivity index (χ4v) is 6.78. The first-order chi connectivity index (χ1) is 14.5. The third-order valence-corrected chi connectivity index (χ3v) is 8.58. The normalized spacial score (nSPS) is 41.5. The lowest BCUT2D eigenvalue weighted by atomic mass is 9.74. The van der Waals surface area contributed by atoms with Crippen LogP contribution in [0.25, 0.3) is 0 Å². The Balaban J connectivity index is 1.27. The number of nitrogens with zero attached hydrogens (tertiary/aromatic N) is 1. The van der Waals surface area contributed by atoms with E-state index in [9.17, 15) is 19.4 Å². The molecule has 2 heterocycles. The molecule has 172 valence electrons. The largest absolute Gasteiger partial charge is 0.393 e. The Hall–Kier alpha value is -0.760. The topological polar surface area (TPSA) is 98.8 Å². The highest BCUT2D eigenvalue weighted by Gasteiger charge is 2.44. The molecule has 0 spiro atoms. The second-order valence-electron chi connectivity index (χ2n) is 10.2. The summed E-state index contributed by atoms with van der Waals surface area (Å²) in [6.07, 6.45) is 6.12. The van der Waals surface area contributed by atoms with E-state index in [-0.39, 0.29) is 17.9 Å². The van der Waals surface area contributed by atoms with Gasteiger partial charge >= 0.3 is 0 Å². The van der Waals surface area contributed by atoms with E-state index in [1.165, 1.54) is 25.7 Å². The van der Waals surface area contributed by atoms with Crippen molar-refractivity contribution in [3.05, 3.63) is 0 Å². The van der Waals surface area contributed by atoms with Crippen molar-refractivity contribution in [2.75, 3.05) is 19.6 Å². The molecule has 30 heavy (non-hydrogen) atoms. The second kappa shape index (κ2) is 9.80. The molecule has 0 aromatic heterocycles. The van der Waals surface area contributed by atoms with Gasteiger partial charge in [0, 0.05) is 31.7 Å². The number of aliphatic hydroxyl groups is 2. The Bertz CT molecular complexity index is 586. The molecule has 0 aromatic rings. The van der Waals surface area contributed by atoms with Crippen LogP contribution in [0.2, 0.25) is 0 Å². The Labute approximate surface area is 179 Å². The van der Waals surface area contributed by atoms with Gasteiger partial charge in [-0.2, -0.15) is 0 Å². The summed E-state index contributed by atoms with van der Waals surface area (Å²) in [7, 11) is 0. The monoisotopic (exact) mass is 425 g/mol. The quantitative estimate of drug-likeness (QED) is 0.536. The Morgan fingerprint density at radius 1 is 1.03 bits per heavy atom. The third-order valence-electron chi connectivity index (χ3n) is 8.58.